The molecule has 1 saturated heterocycles. The van der Waals surface area contributed by atoms with Crippen molar-refractivity contribution in [2.45, 2.75) is 19.8 Å². The zero-order valence-electron chi connectivity index (χ0n) is 11.7. The first kappa shape index (κ1) is 14.9. The minimum absolute atomic E-state index is 0.145. The zero-order chi connectivity index (χ0) is 14.7. The summed E-state index contributed by atoms with van der Waals surface area (Å²) >= 11 is 1.12. The maximum atomic E-state index is 11.4. The van der Waals surface area contributed by atoms with Crippen molar-refractivity contribution >= 4 is 28.2 Å². The number of carbonyl (C=O) groups excluding carboxylic acids is 1. The van der Waals surface area contributed by atoms with Crippen LogP contribution in [0, 0.1) is 5.92 Å². The quantitative estimate of drug-likeness (QED) is 0.806. The summed E-state index contributed by atoms with van der Waals surface area (Å²) in [5.74, 6) is -0.838. The van der Waals surface area contributed by atoms with Crippen LogP contribution in [0.15, 0.2) is 0 Å². The number of nitrogens with zero attached hydrogens (tertiary/aromatic N) is 2. The topological polar surface area (TPSA) is 82.5 Å². The molecule has 0 atom stereocenters. The molecule has 2 heterocycles. The van der Waals surface area contributed by atoms with Crippen LogP contribution >= 0.6 is 11.3 Å². The van der Waals surface area contributed by atoms with Gasteiger partial charge in [0.2, 0.25) is 0 Å². The van der Waals surface area contributed by atoms with Crippen LogP contribution in [0.5, 0.6) is 0 Å². The van der Waals surface area contributed by atoms with E-state index in [0.29, 0.717) is 11.0 Å². The number of aromatic carboxylic acids is 1. The molecule has 1 aromatic rings. The number of aromatic nitrogens is 1. The van der Waals surface area contributed by atoms with Gasteiger partial charge in [0.05, 0.1) is 0 Å². The second-order valence-electron chi connectivity index (χ2n) is 5.19. The largest absolute Gasteiger partial charge is 0.476 e. The van der Waals surface area contributed by atoms with Crippen molar-refractivity contribution in [3.05, 3.63) is 10.6 Å². The summed E-state index contributed by atoms with van der Waals surface area (Å²) in [6.45, 7) is 4.31. The van der Waals surface area contributed by atoms with Gasteiger partial charge in [0.15, 0.2) is 16.6 Å². The molecule has 0 amide bonds. The highest BCUT2D eigenvalue weighted by atomic mass is 32.1. The monoisotopic (exact) mass is 297 g/mol. The number of hydrogen-bond acceptors (Lipinski definition) is 6. The number of likely N-dealkylation sites (tertiary alicyclic amines) is 1. The Kier molecular flexibility index (Phi) is 4.72. The molecule has 2 rings (SSSR count). The number of carboxylic acids is 1. The minimum atomic E-state index is -1.15. The number of carboxylic acid groups (broad SMARTS) is 1. The smallest absolute Gasteiger partial charge is 0.356 e. The average molecular weight is 297 g/mol. The maximum absolute atomic E-state index is 11.4. The lowest BCUT2D eigenvalue weighted by Gasteiger charge is -2.28. The molecule has 1 aliphatic heterocycles. The van der Waals surface area contributed by atoms with Crippen molar-refractivity contribution in [3.63, 3.8) is 0 Å². The van der Waals surface area contributed by atoms with Crippen LogP contribution in [0.4, 0.5) is 5.13 Å². The second kappa shape index (κ2) is 6.32. The standard InChI is InChI=1S/C13H19N3O3S/c1-8(17)11-10(12(18)19)15-13(20-11)14-7-9-3-5-16(2)6-4-9/h9H,3-7H2,1-2H3,(H,14,15)(H,18,19). The van der Waals surface area contributed by atoms with Gasteiger partial charge in [0.1, 0.15) is 4.88 Å². The van der Waals surface area contributed by atoms with Gasteiger partial charge in [0, 0.05) is 13.5 Å². The summed E-state index contributed by atoms with van der Waals surface area (Å²) in [5.41, 5.74) is -0.145. The van der Waals surface area contributed by atoms with Gasteiger partial charge in [-0.05, 0) is 38.9 Å². The Morgan fingerprint density at radius 1 is 1.45 bits per heavy atom. The predicted octanol–water partition coefficient (Wildman–Crippen LogP) is 1.80. The van der Waals surface area contributed by atoms with E-state index in [1.54, 1.807) is 0 Å². The summed E-state index contributed by atoms with van der Waals surface area (Å²) in [6, 6.07) is 0. The van der Waals surface area contributed by atoms with Crippen molar-refractivity contribution in [2.75, 3.05) is 32.0 Å². The summed E-state index contributed by atoms with van der Waals surface area (Å²) < 4.78 is 0. The first-order valence-corrected chi connectivity index (χ1v) is 7.46. The van der Waals surface area contributed by atoms with E-state index in [1.165, 1.54) is 6.92 Å². The fourth-order valence-electron chi connectivity index (χ4n) is 2.28. The molecule has 0 unspecified atom stereocenters. The van der Waals surface area contributed by atoms with Gasteiger partial charge in [-0.3, -0.25) is 4.79 Å². The molecule has 6 nitrogen and oxygen atoms in total. The Labute approximate surface area is 121 Å². The molecule has 0 aliphatic carbocycles. The van der Waals surface area contributed by atoms with Crippen molar-refractivity contribution in [1.29, 1.82) is 0 Å². The first-order valence-electron chi connectivity index (χ1n) is 6.65. The number of rotatable bonds is 5. The molecule has 1 aliphatic rings. The molecule has 1 aromatic heterocycles. The number of piperidine rings is 1. The van der Waals surface area contributed by atoms with E-state index < -0.39 is 5.97 Å². The second-order valence-corrected chi connectivity index (χ2v) is 6.18. The van der Waals surface area contributed by atoms with Crippen LogP contribution in [-0.2, 0) is 0 Å². The summed E-state index contributed by atoms with van der Waals surface area (Å²) in [6.07, 6.45) is 2.25. The molecule has 1 fully saturated rings. The molecule has 0 bridgehead atoms. The predicted molar refractivity (Wildman–Crippen MR) is 77.8 cm³/mol. The fraction of sp³-hybridized carbons (Fsp3) is 0.615. The molecule has 7 heteroatoms. The molecule has 2 N–H and O–H groups in total. The number of ketones is 1. The third-order valence-corrected chi connectivity index (χ3v) is 4.64. The van der Waals surface area contributed by atoms with Crippen molar-refractivity contribution in [2.24, 2.45) is 5.92 Å². The van der Waals surface area contributed by atoms with Crippen LogP contribution in [0.25, 0.3) is 0 Å². The van der Waals surface area contributed by atoms with Crippen LogP contribution in [0.1, 0.15) is 39.9 Å². The van der Waals surface area contributed by atoms with Crippen LogP contribution < -0.4 is 5.32 Å². The number of thiazole rings is 1. The summed E-state index contributed by atoms with van der Waals surface area (Å²) in [4.78, 5) is 29.0. The van der Waals surface area contributed by atoms with Crippen LogP contribution in [-0.4, -0.2) is 53.4 Å². The van der Waals surface area contributed by atoms with E-state index >= 15 is 0 Å². The highest BCUT2D eigenvalue weighted by Gasteiger charge is 2.21. The SMILES string of the molecule is CC(=O)c1sc(NCC2CCN(C)CC2)nc1C(=O)O. The highest BCUT2D eigenvalue weighted by Crippen LogP contribution is 2.25. The normalized spacial score (nSPS) is 17.1. The lowest BCUT2D eigenvalue weighted by Crippen LogP contribution is -2.32. The Balaban J connectivity index is 1.98. The highest BCUT2D eigenvalue weighted by molar-refractivity contribution is 7.17. The van der Waals surface area contributed by atoms with Gasteiger partial charge in [-0.15, -0.1) is 0 Å². The van der Waals surface area contributed by atoms with E-state index in [0.717, 1.165) is 43.8 Å². The van der Waals surface area contributed by atoms with E-state index in [2.05, 4.69) is 22.2 Å². The Hall–Kier alpha value is -1.47. The van der Waals surface area contributed by atoms with Gasteiger partial charge in [-0.1, -0.05) is 11.3 Å². The van der Waals surface area contributed by atoms with Gasteiger partial charge in [-0.25, -0.2) is 9.78 Å². The first-order chi connectivity index (χ1) is 9.47. The summed E-state index contributed by atoms with van der Waals surface area (Å²) in [7, 11) is 2.11. The third kappa shape index (κ3) is 3.55. The lowest BCUT2D eigenvalue weighted by atomic mass is 9.97. The maximum Gasteiger partial charge on any atom is 0.356 e. The molecule has 110 valence electrons. The summed E-state index contributed by atoms with van der Waals surface area (Å²) in [5, 5.41) is 12.7. The fourth-order valence-corrected chi connectivity index (χ4v) is 3.14. The minimum Gasteiger partial charge on any atom is -0.476 e. The zero-order valence-corrected chi connectivity index (χ0v) is 12.5. The van der Waals surface area contributed by atoms with E-state index in [-0.39, 0.29) is 16.4 Å². The Bertz CT molecular complexity index is 475. The molecule has 0 spiro atoms. The number of Topliss-reactive ketones (excluding diaryl/α,β-unsaturated/α-hetero) is 1. The number of nitrogens with one attached hydrogen (secondary N) is 1. The molecular formula is C13H19N3O3S. The van der Waals surface area contributed by atoms with Crippen molar-refractivity contribution in [3.8, 4) is 0 Å². The van der Waals surface area contributed by atoms with Gasteiger partial charge >= 0.3 is 5.97 Å². The molecule has 0 saturated carbocycles. The van der Waals surface area contributed by atoms with Crippen LogP contribution in [0.2, 0.25) is 0 Å². The molecule has 20 heavy (non-hydrogen) atoms. The van der Waals surface area contributed by atoms with Gasteiger partial charge < -0.3 is 15.3 Å². The van der Waals surface area contributed by atoms with Gasteiger partial charge in [-0.2, -0.15) is 0 Å². The van der Waals surface area contributed by atoms with Crippen molar-refractivity contribution < 1.29 is 14.7 Å². The number of anilines is 1. The number of hydrogen-bond donors (Lipinski definition) is 2. The van der Waals surface area contributed by atoms with E-state index in [9.17, 15) is 9.59 Å². The molecule has 0 aromatic carbocycles. The average Bonchev–Trinajstić information content (AvgIpc) is 2.83. The Morgan fingerprint density at radius 2 is 2.10 bits per heavy atom. The van der Waals surface area contributed by atoms with E-state index in [1.807, 2.05) is 0 Å². The molecule has 0 radical (unpaired) electrons. The third-order valence-electron chi connectivity index (χ3n) is 3.53. The number of carbonyl (C=O) groups is 2. The van der Waals surface area contributed by atoms with Crippen molar-refractivity contribution in [1.82, 2.24) is 9.88 Å². The van der Waals surface area contributed by atoms with Gasteiger partial charge in [0.25, 0.3) is 0 Å². The van der Waals surface area contributed by atoms with Crippen LogP contribution in [0.3, 0.4) is 0 Å². The van der Waals surface area contributed by atoms with E-state index in [4.69, 9.17) is 5.11 Å². The lowest BCUT2D eigenvalue weighted by molar-refractivity contribution is 0.0687. The Morgan fingerprint density at radius 3 is 2.60 bits per heavy atom. The molecular weight excluding hydrogens is 278 g/mol.